The number of halogens is 3. The molecule has 0 atom stereocenters. The van der Waals surface area contributed by atoms with Crippen molar-refractivity contribution in [2.24, 2.45) is 0 Å². The maximum Gasteiger partial charge on any atom is 0.486 e. The Morgan fingerprint density at radius 3 is 2.28 bits per heavy atom. The fourth-order valence-corrected chi connectivity index (χ4v) is 3.87. The van der Waals surface area contributed by atoms with Gasteiger partial charge in [0.05, 0.1) is 0 Å². The number of rotatable bonds is 3. The van der Waals surface area contributed by atoms with Gasteiger partial charge in [-0.2, -0.15) is 17.9 Å². The van der Waals surface area contributed by atoms with Gasteiger partial charge < -0.3 is 20.6 Å². The van der Waals surface area contributed by atoms with Crippen LogP contribution in [0.4, 0.5) is 18.9 Å². The van der Waals surface area contributed by atoms with E-state index < -0.39 is 28.9 Å². The summed E-state index contributed by atoms with van der Waals surface area (Å²) < 4.78 is 41.2. The van der Waals surface area contributed by atoms with Crippen molar-refractivity contribution in [1.29, 1.82) is 0 Å². The number of carbonyl (C=O) groups excluding carboxylic acids is 1. The predicted octanol–water partition coefficient (Wildman–Crippen LogP) is 2.38. The van der Waals surface area contributed by atoms with Crippen LogP contribution >= 0.6 is 0 Å². The summed E-state index contributed by atoms with van der Waals surface area (Å²) in [4.78, 5) is 15.0. The van der Waals surface area contributed by atoms with E-state index in [0.717, 1.165) is 5.56 Å². The van der Waals surface area contributed by atoms with Gasteiger partial charge in [0.1, 0.15) is 0 Å². The molecule has 3 aromatic rings. The van der Waals surface area contributed by atoms with E-state index in [0.29, 0.717) is 37.4 Å². The van der Waals surface area contributed by atoms with Crippen LogP contribution in [-0.2, 0) is 6.18 Å². The van der Waals surface area contributed by atoms with Gasteiger partial charge in [0.2, 0.25) is 0 Å². The highest BCUT2D eigenvalue weighted by Crippen LogP contribution is 2.31. The molecule has 0 radical (unpaired) electrons. The lowest BCUT2D eigenvalue weighted by Gasteiger charge is -2.29. The summed E-state index contributed by atoms with van der Waals surface area (Å²) in [6.45, 7) is 6.18. The Balaban J connectivity index is 1.97. The van der Waals surface area contributed by atoms with Gasteiger partial charge in [0.15, 0.2) is 0 Å². The third-order valence-electron chi connectivity index (χ3n) is 5.76. The normalized spacial score (nSPS) is 14.7. The number of fused-ring (bicyclic) bond motifs is 1. The summed E-state index contributed by atoms with van der Waals surface area (Å²) in [5.74, 6) is -1.16. The van der Waals surface area contributed by atoms with Crippen molar-refractivity contribution in [1.82, 2.24) is 5.32 Å². The summed E-state index contributed by atoms with van der Waals surface area (Å²) in [5.41, 5.74) is -1.80. The molecule has 7 nitrogen and oxygen atoms in total. The molecule has 1 fully saturated rings. The quantitative estimate of drug-likeness (QED) is 0.379. The van der Waals surface area contributed by atoms with Gasteiger partial charge >= 0.3 is 17.6 Å². The fourth-order valence-electron chi connectivity index (χ4n) is 3.87. The number of nitrogens with zero attached hydrogens (tertiary/aromatic N) is 3. The minimum absolute atomic E-state index is 0.0597. The van der Waals surface area contributed by atoms with Crippen LogP contribution in [0.5, 0.6) is 0 Å². The zero-order valence-corrected chi connectivity index (χ0v) is 17.5. The predicted molar refractivity (Wildman–Crippen MR) is 111 cm³/mol. The second-order valence-electron chi connectivity index (χ2n) is 7.82. The Morgan fingerprint density at radius 2 is 1.66 bits per heavy atom. The van der Waals surface area contributed by atoms with Gasteiger partial charge in [-0.3, -0.25) is 4.79 Å². The summed E-state index contributed by atoms with van der Waals surface area (Å²) in [6.07, 6.45) is -5.20. The van der Waals surface area contributed by atoms with Crippen molar-refractivity contribution < 1.29 is 27.4 Å². The lowest BCUT2D eigenvalue weighted by molar-refractivity contribution is -0.647. The Bertz CT molecular complexity index is 1220. The van der Waals surface area contributed by atoms with E-state index in [2.05, 4.69) is 5.32 Å². The summed E-state index contributed by atoms with van der Waals surface area (Å²) >= 11 is 0. The second kappa shape index (κ2) is 7.94. The van der Waals surface area contributed by atoms with Crippen molar-refractivity contribution in [2.75, 3.05) is 31.1 Å². The zero-order chi connectivity index (χ0) is 23.2. The number of carbonyl (C=O) groups is 1. The molecule has 168 valence electrons. The Labute approximate surface area is 181 Å². The van der Waals surface area contributed by atoms with Crippen LogP contribution in [0.3, 0.4) is 0 Å². The molecule has 1 aliphatic rings. The molecule has 0 bridgehead atoms. The molecule has 1 aromatic heterocycles. The first-order valence-corrected chi connectivity index (χ1v) is 10.1. The third kappa shape index (κ3) is 3.70. The van der Waals surface area contributed by atoms with Gasteiger partial charge in [-0.1, -0.05) is 12.1 Å². The fraction of sp³-hybridized carbons (Fsp3) is 0.318. The molecule has 4 rings (SSSR count). The molecule has 1 aliphatic heterocycles. The van der Waals surface area contributed by atoms with Crippen LogP contribution in [0.15, 0.2) is 36.4 Å². The first-order valence-electron chi connectivity index (χ1n) is 10.1. The molecular formula is C22H21F3N4O3. The molecule has 2 heterocycles. The summed E-state index contributed by atoms with van der Waals surface area (Å²) in [7, 11) is 0. The molecule has 0 aliphatic carbocycles. The first-order chi connectivity index (χ1) is 15.1. The van der Waals surface area contributed by atoms with Crippen LogP contribution in [0.2, 0.25) is 0 Å². The van der Waals surface area contributed by atoms with Crippen molar-refractivity contribution in [2.45, 2.75) is 20.0 Å². The molecular weight excluding hydrogens is 425 g/mol. The molecule has 0 spiro atoms. The van der Waals surface area contributed by atoms with Gasteiger partial charge in [0.25, 0.3) is 16.8 Å². The smallest absolute Gasteiger partial charge is 0.486 e. The van der Waals surface area contributed by atoms with Crippen LogP contribution in [0, 0.1) is 24.3 Å². The second-order valence-corrected chi connectivity index (χ2v) is 7.82. The number of alkyl halides is 3. The van der Waals surface area contributed by atoms with Crippen LogP contribution in [0.1, 0.15) is 32.9 Å². The maximum absolute atomic E-state index is 13.9. The molecule has 0 amide bonds. The number of aryl methyl sites for hydroxylation is 2. The SMILES string of the molecule is Cc1ccc(C(=O)c2c(C(F)(F)F)[n+]([O-])c3ccc(N4CCNCC4)cc3[n+]2[O-])cc1C. The van der Waals surface area contributed by atoms with E-state index in [1.807, 2.05) is 4.90 Å². The van der Waals surface area contributed by atoms with Crippen molar-refractivity contribution >= 4 is 22.5 Å². The van der Waals surface area contributed by atoms with Crippen molar-refractivity contribution in [3.8, 4) is 0 Å². The highest BCUT2D eigenvalue weighted by atomic mass is 19.4. The van der Waals surface area contributed by atoms with E-state index in [4.69, 9.17) is 0 Å². The highest BCUT2D eigenvalue weighted by molar-refractivity contribution is 6.07. The minimum atomic E-state index is -5.20. The number of benzene rings is 2. The number of anilines is 1. The molecule has 1 saturated heterocycles. The number of hydrogen-bond donors (Lipinski definition) is 1. The molecule has 0 unspecified atom stereocenters. The topological polar surface area (TPSA) is 86.2 Å². The lowest BCUT2D eigenvalue weighted by atomic mass is 10.0. The molecule has 0 saturated carbocycles. The number of hydrogen-bond acceptors (Lipinski definition) is 5. The van der Waals surface area contributed by atoms with Gasteiger partial charge in [-0.05, 0) is 37.1 Å². The van der Waals surface area contributed by atoms with E-state index in [9.17, 15) is 28.4 Å². The van der Waals surface area contributed by atoms with Gasteiger partial charge in [-0.25, -0.2) is 0 Å². The summed E-state index contributed by atoms with van der Waals surface area (Å²) in [6, 6.07) is 8.40. The Kier molecular flexibility index (Phi) is 5.41. The van der Waals surface area contributed by atoms with Crippen LogP contribution in [0.25, 0.3) is 11.0 Å². The number of ketones is 1. The average Bonchev–Trinajstić information content (AvgIpc) is 2.77. The van der Waals surface area contributed by atoms with Gasteiger partial charge in [0, 0.05) is 49.6 Å². The minimum Gasteiger partial charge on any atom is -0.618 e. The van der Waals surface area contributed by atoms with Crippen molar-refractivity contribution in [3.63, 3.8) is 0 Å². The largest absolute Gasteiger partial charge is 0.618 e. The molecule has 32 heavy (non-hydrogen) atoms. The van der Waals surface area contributed by atoms with Gasteiger partial charge in [-0.15, -0.1) is 4.73 Å². The van der Waals surface area contributed by atoms with E-state index >= 15 is 0 Å². The molecule has 10 heteroatoms. The molecule has 1 N–H and O–H groups in total. The molecule has 2 aromatic carbocycles. The van der Waals surface area contributed by atoms with Crippen LogP contribution < -0.4 is 19.7 Å². The average molecular weight is 446 g/mol. The maximum atomic E-state index is 13.9. The number of nitrogens with one attached hydrogen (secondary N) is 1. The first kappa shape index (κ1) is 21.8. The number of piperazine rings is 1. The third-order valence-corrected chi connectivity index (χ3v) is 5.76. The summed E-state index contributed by atoms with van der Waals surface area (Å²) in [5, 5.41) is 29.1. The lowest BCUT2D eigenvalue weighted by Crippen LogP contribution is -2.50. The van der Waals surface area contributed by atoms with Crippen LogP contribution in [-0.4, -0.2) is 32.0 Å². The number of aromatic nitrogens is 2. The monoisotopic (exact) mass is 446 g/mol. The Hall–Kier alpha value is -3.40. The van der Waals surface area contributed by atoms with E-state index in [1.165, 1.54) is 30.3 Å². The zero-order valence-electron chi connectivity index (χ0n) is 17.5. The Morgan fingerprint density at radius 1 is 0.969 bits per heavy atom. The van der Waals surface area contributed by atoms with Crippen molar-refractivity contribution in [3.05, 3.63) is 74.9 Å². The van der Waals surface area contributed by atoms with E-state index in [1.54, 1.807) is 19.9 Å². The standard InChI is InChI=1S/C22H21F3N4O3/c1-13-3-4-15(11-14(13)2)20(30)19-21(22(23,24)25)29(32)17-6-5-16(12-18(17)28(19)31)27-9-7-26-8-10-27/h3-6,11-12,26H,7-10H2,1-2H3. The van der Waals surface area contributed by atoms with E-state index in [-0.39, 0.29) is 20.5 Å². The highest BCUT2D eigenvalue weighted by Gasteiger charge is 2.51.